The molecule has 0 saturated carbocycles. The molecule has 0 spiro atoms. The van der Waals surface area contributed by atoms with Gasteiger partial charge in [-0.05, 0) is 50.4 Å². The van der Waals surface area contributed by atoms with Gasteiger partial charge in [0.1, 0.15) is 11.5 Å². The van der Waals surface area contributed by atoms with Crippen LogP contribution >= 0.6 is 0 Å². The third kappa shape index (κ3) is 3.85. The summed E-state index contributed by atoms with van der Waals surface area (Å²) in [5.41, 5.74) is 5.57. The van der Waals surface area contributed by atoms with E-state index < -0.39 is 0 Å². The lowest BCUT2D eigenvalue weighted by Crippen LogP contribution is -2.24. The summed E-state index contributed by atoms with van der Waals surface area (Å²) in [5, 5.41) is 0. The van der Waals surface area contributed by atoms with Crippen LogP contribution in [0.5, 0.6) is 0 Å². The van der Waals surface area contributed by atoms with Crippen LogP contribution in [0.4, 0.5) is 0 Å². The molecular weight excluding hydrogens is 224 g/mol. The minimum absolute atomic E-state index is 0.499. The van der Waals surface area contributed by atoms with Gasteiger partial charge in [0, 0.05) is 0 Å². The average molecular weight is 250 g/mol. The fourth-order valence-corrected chi connectivity index (χ4v) is 2.92. The molecule has 2 N–H and O–H groups in total. The first-order valence-corrected chi connectivity index (χ1v) is 7.31. The fraction of sp³-hybridized carbons (Fsp3) is 0.733. The Bertz CT molecular complexity index is 348. The van der Waals surface area contributed by atoms with Gasteiger partial charge in [-0.25, -0.2) is 0 Å². The maximum Gasteiger partial charge on any atom is 0.118 e. The second kappa shape index (κ2) is 6.95. The third-order valence-corrected chi connectivity index (χ3v) is 3.94. The summed E-state index contributed by atoms with van der Waals surface area (Å²) < 4.78 is 5.68. The van der Waals surface area contributed by atoms with Gasteiger partial charge in [-0.3, -0.25) is 4.90 Å². The van der Waals surface area contributed by atoms with E-state index in [2.05, 4.69) is 17.9 Å². The summed E-state index contributed by atoms with van der Waals surface area (Å²) in [6, 6.07) is 4.06. The SMILES string of the molecule is CCCC1CCCN(Cc2ccc(CN)o2)CC1. The number of hydrogen-bond donors (Lipinski definition) is 1. The van der Waals surface area contributed by atoms with E-state index in [0.29, 0.717) is 6.54 Å². The number of furan rings is 1. The summed E-state index contributed by atoms with van der Waals surface area (Å²) in [6.07, 6.45) is 6.79. The molecule has 18 heavy (non-hydrogen) atoms. The molecule has 1 atom stereocenters. The maximum atomic E-state index is 5.68. The Morgan fingerprint density at radius 2 is 2.11 bits per heavy atom. The van der Waals surface area contributed by atoms with Crippen LogP contribution in [0, 0.1) is 5.92 Å². The molecule has 102 valence electrons. The van der Waals surface area contributed by atoms with Crippen molar-refractivity contribution in [3.8, 4) is 0 Å². The van der Waals surface area contributed by atoms with Crippen LogP contribution in [0.2, 0.25) is 0 Å². The van der Waals surface area contributed by atoms with Crippen molar-refractivity contribution >= 4 is 0 Å². The quantitative estimate of drug-likeness (QED) is 0.873. The Morgan fingerprint density at radius 3 is 2.83 bits per heavy atom. The topological polar surface area (TPSA) is 42.4 Å². The van der Waals surface area contributed by atoms with Crippen LogP contribution < -0.4 is 5.73 Å². The van der Waals surface area contributed by atoms with E-state index in [-0.39, 0.29) is 0 Å². The largest absolute Gasteiger partial charge is 0.463 e. The molecule has 0 aliphatic carbocycles. The monoisotopic (exact) mass is 250 g/mol. The predicted octanol–water partition coefficient (Wildman–Crippen LogP) is 3.14. The zero-order valence-corrected chi connectivity index (χ0v) is 11.5. The van der Waals surface area contributed by atoms with Gasteiger partial charge in [0.2, 0.25) is 0 Å². The number of nitrogens with two attached hydrogens (primary N) is 1. The van der Waals surface area contributed by atoms with Gasteiger partial charge in [0.25, 0.3) is 0 Å². The lowest BCUT2D eigenvalue weighted by Gasteiger charge is -2.18. The Morgan fingerprint density at radius 1 is 1.28 bits per heavy atom. The predicted molar refractivity (Wildman–Crippen MR) is 74.1 cm³/mol. The maximum absolute atomic E-state index is 5.68. The van der Waals surface area contributed by atoms with Crippen molar-refractivity contribution in [3.05, 3.63) is 23.7 Å². The number of likely N-dealkylation sites (tertiary alicyclic amines) is 1. The molecule has 2 heterocycles. The molecule has 2 rings (SSSR count). The molecule has 1 fully saturated rings. The second-order valence-corrected chi connectivity index (χ2v) is 5.43. The third-order valence-electron chi connectivity index (χ3n) is 3.94. The van der Waals surface area contributed by atoms with Crippen LogP contribution in [0.3, 0.4) is 0 Å². The van der Waals surface area contributed by atoms with Crippen molar-refractivity contribution in [1.29, 1.82) is 0 Å². The lowest BCUT2D eigenvalue weighted by atomic mass is 9.96. The van der Waals surface area contributed by atoms with E-state index in [0.717, 1.165) is 24.0 Å². The highest BCUT2D eigenvalue weighted by Crippen LogP contribution is 2.23. The average Bonchev–Trinajstić information content (AvgIpc) is 2.71. The highest BCUT2D eigenvalue weighted by atomic mass is 16.3. The van der Waals surface area contributed by atoms with E-state index >= 15 is 0 Å². The normalized spacial score (nSPS) is 22.0. The van der Waals surface area contributed by atoms with Crippen molar-refractivity contribution in [2.75, 3.05) is 13.1 Å². The molecule has 3 heteroatoms. The van der Waals surface area contributed by atoms with E-state index in [1.807, 2.05) is 6.07 Å². The van der Waals surface area contributed by atoms with E-state index in [1.165, 1.54) is 45.2 Å². The molecular formula is C15H26N2O. The molecule has 0 radical (unpaired) electrons. The molecule has 0 aromatic carbocycles. The van der Waals surface area contributed by atoms with Crippen LogP contribution in [0.25, 0.3) is 0 Å². The van der Waals surface area contributed by atoms with Crippen LogP contribution in [0.1, 0.15) is 50.5 Å². The van der Waals surface area contributed by atoms with Gasteiger partial charge in [-0.15, -0.1) is 0 Å². The van der Waals surface area contributed by atoms with Crippen molar-refractivity contribution in [2.45, 2.75) is 52.1 Å². The van der Waals surface area contributed by atoms with Gasteiger partial charge in [-0.1, -0.05) is 19.8 Å². The Hall–Kier alpha value is -0.800. The van der Waals surface area contributed by atoms with Gasteiger partial charge in [0.15, 0.2) is 0 Å². The Labute approximate surface area is 110 Å². The van der Waals surface area contributed by atoms with Crippen molar-refractivity contribution < 1.29 is 4.42 Å². The van der Waals surface area contributed by atoms with E-state index in [1.54, 1.807) is 0 Å². The standard InChI is InChI=1S/C15H26N2O/c1-2-4-13-5-3-9-17(10-8-13)12-15-7-6-14(11-16)18-15/h6-7,13H,2-5,8-12,16H2,1H3. The smallest absolute Gasteiger partial charge is 0.118 e. The number of nitrogens with zero attached hydrogens (tertiary/aromatic N) is 1. The first kappa shape index (κ1) is 13.6. The van der Waals surface area contributed by atoms with Gasteiger partial charge in [-0.2, -0.15) is 0 Å². The highest BCUT2D eigenvalue weighted by molar-refractivity contribution is 5.06. The minimum atomic E-state index is 0.499. The first-order chi connectivity index (χ1) is 8.81. The van der Waals surface area contributed by atoms with Gasteiger partial charge in [0.05, 0.1) is 13.1 Å². The molecule has 0 amide bonds. The number of hydrogen-bond acceptors (Lipinski definition) is 3. The second-order valence-electron chi connectivity index (χ2n) is 5.43. The summed E-state index contributed by atoms with van der Waals surface area (Å²) >= 11 is 0. The highest BCUT2D eigenvalue weighted by Gasteiger charge is 2.17. The molecule has 1 aliphatic rings. The molecule has 1 aliphatic heterocycles. The molecule has 1 saturated heterocycles. The first-order valence-electron chi connectivity index (χ1n) is 7.31. The Balaban J connectivity index is 1.82. The molecule has 1 aromatic rings. The van der Waals surface area contributed by atoms with Crippen molar-refractivity contribution in [2.24, 2.45) is 11.7 Å². The zero-order valence-electron chi connectivity index (χ0n) is 11.5. The zero-order chi connectivity index (χ0) is 12.8. The summed E-state index contributed by atoms with van der Waals surface area (Å²) in [5.74, 6) is 2.89. The summed E-state index contributed by atoms with van der Waals surface area (Å²) in [6.45, 7) is 6.15. The Kier molecular flexibility index (Phi) is 5.26. The van der Waals surface area contributed by atoms with Crippen molar-refractivity contribution in [1.82, 2.24) is 4.90 Å². The van der Waals surface area contributed by atoms with E-state index in [4.69, 9.17) is 10.2 Å². The molecule has 0 bridgehead atoms. The van der Waals surface area contributed by atoms with E-state index in [9.17, 15) is 0 Å². The van der Waals surface area contributed by atoms with Crippen molar-refractivity contribution in [3.63, 3.8) is 0 Å². The minimum Gasteiger partial charge on any atom is -0.463 e. The number of rotatable bonds is 5. The molecule has 3 nitrogen and oxygen atoms in total. The molecule has 1 aromatic heterocycles. The fourth-order valence-electron chi connectivity index (χ4n) is 2.92. The van der Waals surface area contributed by atoms with Crippen LogP contribution in [-0.4, -0.2) is 18.0 Å². The van der Waals surface area contributed by atoms with Gasteiger partial charge < -0.3 is 10.2 Å². The van der Waals surface area contributed by atoms with Crippen LogP contribution in [-0.2, 0) is 13.1 Å². The van der Waals surface area contributed by atoms with Crippen LogP contribution in [0.15, 0.2) is 16.5 Å². The molecule has 1 unspecified atom stereocenters. The summed E-state index contributed by atoms with van der Waals surface area (Å²) in [7, 11) is 0. The summed E-state index contributed by atoms with van der Waals surface area (Å²) in [4.78, 5) is 2.52. The lowest BCUT2D eigenvalue weighted by molar-refractivity contribution is 0.246. The van der Waals surface area contributed by atoms with Gasteiger partial charge >= 0.3 is 0 Å².